The van der Waals surface area contributed by atoms with Crippen molar-refractivity contribution in [3.8, 4) is 0 Å². The fourth-order valence-electron chi connectivity index (χ4n) is 3.34. The number of aliphatic hydroxyl groups is 1. The molecule has 0 amide bonds. The zero-order valence-corrected chi connectivity index (χ0v) is 17.7. The monoisotopic (exact) mass is 451 g/mol. The first-order chi connectivity index (χ1) is 14.3. The van der Waals surface area contributed by atoms with E-state index >= 15 is 0 Å². The minimum absolute atomic E-state index is 0.109. The van der Waals surface area contributed by atoms with E-state index < -0.39 is 33.4 Å². The maximum absolute atomic E-state index is 14.7. The number of benzene rings is 3. The molecule has 0 bridgehead atoms. The zero-order valence-electron chi connectivity index (χ0n) is 16.1. The Kier molecular flexibility index (Phi) is 6.75. The van der Waals surface area contributed by atoms with Crippen LogP contribution >= 0.6 is 11.6 Å². The van der Waals surface area contributed by atoms with Gasteiger partial charge < -0.3 is 5.11 Å². The van der Waals surface area contributed by atoms with Crippen LogP contribution in [-0.2, 0) is 16.4 Å². The third kappa shape index (κ3) is 4.48. The summed E-state index contributed by atoms with van der Waals surface area (Å²) < 4.78 is 56.6. The molecular weight excluding hydrogens is 432 g/mol. The van der Waals surface area contributed by atoms with Gasteiger partial charge in [-0.05, 0) is 60.9 Å². The van der Waals surface area contributed by atoms with Gasteiger partial charge in [0, 0.05) is 17.7 Å². The van der Waals surface area contributed by atoms with E-state index in [0.717, 1.165) is 22.5 Å². The minimum atomic E-state index is -4.28. The molecule has 0 saturated carbocycles. The smallest absolute Gasteiger partial charge is 0.264 e. The number of nitrogens with zero attached hydrogens (tertiary/aromatic N) is 1. The molecule has 1 atom stereocenters. The van der Waals surface area contributed by atoms with E-state index in [4.69, 9.17) is 11.6 Å². The fraction of sp³-hybridized carbons (Fsp3) is 0.182. The van der Waals surface area contributed by atoms with E-state index in [0.29, 0.717) is 22.6 Å². The summed E-state index contributed by atoms with van der Waals surface area (Å²) >= 11 is 5.88. The fourth-order valence-corrected chi connectivity index (χ4v) is 5.10. The molecule has 4 nitrogen and oxygen atoms in total. The Bertz CT molecular complexity index is 1140. The lowest BCUT2D eigenvalue weighted by molar-refractivity contribution is 0.299. The molecule has 8 heteroatoms. The third-order valence-electron chi connectivity index (χ3n) is 4.75. The average Bonchev–Trinajstić information content (AvgIpc) is 2.71. The molecule has 3 aromatic rings. The first-order valence-electron chi connectivity index (χ1n) is 9.19. The van der Waals surface area contributed by atoms with Crippen molar-refractivity contribution in [1.82, 2.24) is 0 Å². The number of hydrogen-bond donors (Lipinski definition) is 1. The standard InChI is InChI=1S/C22H20ClF2NO3S/c1-15(20-5-3-2-4-16(20)12-13-27)26(22-14-18(24)8-11-21(22)25)30(28,29)19-9-6-17(23)7-10-19/h2-11,14-15,27H,12-13H2,1H3. The summed E-state index contributed by atoms with van der Waals surface area (Å²) in [5, 5.41) is 9.72. The molecule has 0 fully saturated rings. The lowest BCUT2D eigenvalue weighted by Crippen LogP contribution is -2.35. The van der Waals surface area contributed by atoms with E-state index in [1.165, 1.54) is 24.3 Å². The van der Waals surface area contributed by atoms with Gasteiger partial charge in [0.15, 0.2) is 0 Å². The predicted molar refractivity (Wildman–Crippen MR) is 113 cm³/mol. The average molecular weight is 452 g/mol. The highest BCUT2D eigenvalue weighted by Gasteiger charge is 2.33. The second-order valence-corrected chi connectivity index (χ2v) is 8.95. The largest absolute Gasteiger partial charge is 0.396 e. The highest BCUT2D eigenvalue weighted by atomic mass is 35.5. The third-order valence-corrected chi connectivity index (χ3v) is 6.90. The highest BCUT2D eigenvalue weighted by Crippen LogP contribution is 2.36. The SMILES string of the molecule is CC(c1ccccc1CCO)N(c1cc(F)ccc1F)S(=O)(=O)c1ccc(Cl)cc1. The molecule has 158 valence electrons. The maximum atomic E-state index is 14.7. The van der Waals surface area contributed by atoms with Crippen LogP contribution in [0.2, 0.25) is 5.02 Å². The van der Waals surface area contributed by atoms with Crippen molar-refractivity contribution in [2.45, 2.75) is 24.3 Å². The maximum Gasteiger partial charge on any atom is 0.264 e. The van der Waals surface area contributed by atoms with Crippen molar-refractivity contribution in [3.63, 3.8) is 0 Å². The van der Waals surface area contributed by atoms with Crippen LogP contribution in [0, 0.1) is 11.6 Å². The molecule has 3 rings (SSSR count). The second kappa shape index (κ2) is 9.12. The summed E-state index contributed by atoms with van der Waals surface area (Å²) in [7, 11) is -4.28. The number of hydrogen-bond acceptors (Lipinski definition) is 3. The van der Waals surface area contributed by atoms with Gasteiger partial charge in [0.25, 0.3) is 10.0 Å². The van der Waals surface area contributed by atoms with Crippen molar-refractivity contribution in [2.75, 3.05) is 10.9 Å². The predicted octanol–water partition coefficient (Wildman–Crippen LogP) is 5.11. The Labute approximate surface area is 179 Å². The van der Waals surface area contributed by atoms with Crippen LogP contribution in [0.5, 0.6) is 0 Å². The molecule has 0 aromatic heterocycles. The van der Waals surface area contributed by atoms with Crippen LogP contribution in [-0.4, -0.2) is 20.1 Å². The number of halogens is 3. The van der Waals surface area contributed by atoms with Gasteiger partial charge in [-0.1, -0.05) is 35.9 Å². The van der Waals surface area contributed by atoms with Gasteiger partial charge in [-0.25, -0.2) is 17.2 Å². The Hall–Kier alpha value is -2.48. The van der Waals surface area contributed by atoms with Crippen LogP contribution in [0.25, 0.3) is 0 Å². The summed E-state index contributed by atoms with van der Waals surface area (Å²) in [4.78, 5) is -0.109. The van der Waals surface area contributed by atoms with E-state index in [9.17, 15) is 22.3 Å². The van der Waals surface area contributed by atoms with Crippen LogP contribution in [0.1, 0.15) is 24.1 Å². The molecule has 0 saturated heterocycles. The van der Waals surface area contributed by atoms with Crippen molar-refractivity contribution < 1.29 is 22.3 Å². The van der Waals surface area contributed by atoms with E-state index in [1.54, 1.807) is 31.2 Å². The topological polar surface area (TPSA) is 57.6 Å². The molecule has 0 aliphatic heterocycles. The summed E-state index contributed by atoms with van der Waals surface area (Å²) in [6, 6.07) is 14.2. The van der Waals surface area contributed by atoms with Crippen LogP contribution < -0.4 is 4.31 Å². The van der Waals surface area contributed by atoms with Crippen molar-refractivity contribution in [3.05, 3.63) is 94.5 Å². The lowest BCUT2D eigenvalue weighted by atomic mass is 9.99. The van der Waals surface area contributed by atoms with Gasteiger partial charge in [-0.2, -0.15) is 0 Å². The number of rotatable bonds is 7. The quantitative estimate of drug-likeness (QED) is 0.543. The molecule has 30 heavy (non-hydrogen) atoms. The Morgan fingerprint density at radius 1 is 1.03 bits per heavy atom. The van der Waals surface area contributed by atoms with Crippen LogP contribution in [0.15, 0.2) is 71.6 Å². The van der Waals surface area contributed by atoms with Gasteiger partial charge in [0.05, 0.1) is 16.6 Å². The molecule has 0 aliphatic rings. The molecule has 3 aromatic carbocycles. The Balaban J connectivity index is 2.23. The highest BCUT2D eigenvalue weighted by molar-refractivity contribution is 7.92. The van der Waals surface area contributed by atoms with E-state index in [-0.39, 0.29) is 11.5 Å². The first kappa shape index (κ1) is 22.2. The van der Waals surface area contributed by atoms with Crippen LogP contribution in [0.4, 0.5) is 14.5 Å². The summed E-state index contributed by atoms with van der Waals surface area (Å²) in [6.45, 7) is 1.45. The van der Waals surface area contributed by atoms with Crippen molar-refractivity contribution >= 4 is 27.3 Å². The number of aliphatic hydroxyl groups excluding tert-OH is 1. The molecule has 0 radical (unpaired) electrons. The Morgan fingerprint density at radius 2 is 1.70 bits per heavy atom. The van der Waals surface area contributed by atoms with E-state index in [2.05, 4.69) is 0 Å². The van der Waals surface area contributed by atoms with Gasteiger partial charge in [-0.3, -0.25) is 4.31 Å². The number of sulfonamides is 1. The van der Waals surface area contributed by atoms with Crippen molar-refractivity contribution in [1.29, 1.82) is 0 Å². The van der Waals surface area contributed by atoms with Crippen molar-refractivity contribution in [2.24, 2.45) is 0 Å². The molecule has 0 heterocycles. The molecular formula is C22H20ClF2NO3S. The van der Waals surface area contributed by atoms with Gasteiger partial charge in [0.2, 0.25) is 0 Å². The normalized spacial score (nSPS) is 12.6. The molecule has 0 spiro atoms. The number of anilines is 1. The second-order valence-electron chi connectivity index (χ2n) is 6.70. The zero-order chi connectivity index (χ0) is 21.9. The van der Waals surface area contributed by atoms with E-state index in [1.807, 2.05) is 0 Å². The summed E-state index contributed by atoms with van der Waals surface area (Å²) in [5.74, 6) is -1.64. The van der Waals surface area contributed by atoms with Gasteiger partial charge >= 0.3 is 0 Å². The van der Waals surface area contributed by atoms with Crippen LogP contribution in [0.3, 0.4) is 0 Å². The molecule has 0 aliphatic carbocycles. The lowest BCUT2D eigenvalue weighted by Gasteiger charge is -2.32. The summed E-state index contributed by atoms with van der Waals surface area (Å²) in [5.41, 5.74) is 0.879. The summed E-state index contributed by atoms with van der Waals surface area (Å²) in [6.07, 6.45) is 0.293. The Morgan fingerprint density at radius 3 is 2.37 bits per heavy atom. The van der Waals surface area contributed by atoms with Gasteiger partial charge in [-0.15, -0.1) is 0 Å². The van der Waals surface area contributed by atoms with Gasteiger partial charge in [0.1, 0.15) is 11.6 Å². The minimum Gasteiger partial charge on any atom is -0.396 e. The molecule has 1 N–H and O–H groups in total. The first-order valence-corrected chi connectivity index (χ1v) is 11.0. The molecule has 1 unspecified atom stereocenters.